The summed E-state index contributed by atoms with van der Waals surface area (Å²) in [6.07, 6.45) is 0.397. The number of para-hydroxylation sites is 1. The van der Waals surface area contributed by atoms with Gasteiger partial charge in [-0.2, -0.15) is 0 Å². The smallest absolute Gasteiger partial charge is 0.224 e. The molecule has 0 unspecified atom stereocenters. The summed E-state index contributed by atoms with van der Waals surface area (Å²) in [5.41, 5.74) is 3.13. The number of hydrogen-bond donors (Lipinski definition) is 2. The normalized spacial score (nSPS) is 11.5. The van der Waals surface area contributed by atoms with Gasteiger partial charge in [-0.05, 0) is 18.6 Å². The van der Waals surface area contributed by atoms with Crippen molar-refractivity contribution in [2.24, 2.45) is 4.99 Å². The minimum absolute atomic E-state index is 0.0879. The van der Waals surface area contributed by atoms with Crippen LogP contribution in [0, 0.1) is 6.92 Å². The Kier molecular flexibility index (Phi) is 6.89. The molecular weight excluding hydrogens is 364 g/mol. The van der Waals surface area contributed by atoms with E-state index in [-0.39, 0.29) is 5.91 Å². The molecule has 6 nitrogen and oxygen atoms in total. The minimum atomic E-state index is 0.0879. The van der Waals surface area contributed by atoms with E-state index in [9.17, 15) is 4.79 Å². The first-order valence-corrected chi connectivity index (χ1v) is 9.78. The summed E-state index contributed by atoms with van der Waals surface area (Å²) in [6.45, 7) is 3.71. The molecule has 3 aromatic rings. The number of fused-ring (bicyclic) bond motifs is 1. The largest absolute Gasteiger partial charge is 0.459 e. The van der Waals surface area contributed by atoms with Gasteiger partial charge in [-0.1, -0.05) is 48.5 Å². The van der Waals surface area contributed by atoms with Gasteiger partial charge in [0.2, 0.25) is 5.91 Å². The number of benzene rings is 2. The maximum absolute atomic E-state index is 12.4. The molecule has 0 spiro atoms. The number of nitrogens with one attached hydrogen (secondary N) is 2. The first-order chi connectivity index (χ1) is 14.1. The van der Waals surface area contributed by atoms with Gasteiger partial charge in [0.25, 0.3) is 0 Å². The van der Waals surface area contributed by atoms with Crippen molar-refractivity contribution in [3.8, 4) is 0 Å². The van der Waals surface area contributed by atoms with Crippen LogP contribution in [0.2, 0.25) is 0 Å². The molecule has 1 heterocycles. The summed E-state index contributed by atoms with van der Waals surface area (Å²) in [7, 11) is 3.54. The monoisotopic (exact) mass is 392 g/mol. The Labute approximate surface area is 171 Å². The fraction of sp³-hybridized carbons (Fsp3) is 0.304. The van der Waals surface area contributed by atoms with E-state index in [0.717, 1.165) is 27.9 Å². The highest BCUT2D eigenvalue weighted by molar-refractivity contribution is 5.83. The van der Waals surface area contributed by atoms with Gasteiger partial charge in [-0.25, -0.2) is 0 Å². The third-order valence-electron chi connectivity index (χ3n) is 4.90. The van der Waals surface area contributed by atoms with E-state index in [0.29, 0.717) is 32.0 Å². The van der Waals surface area contributed by atoms with E-state index < -0.39 is 0 Å². The number of aliphatic imine (C=N–C) groups is 1. The third kappa shape index (κ3) is 5.38. The number of guanidine groups is 1. The van der Waals surface area contributed by atoms with Crippen molar-refractivity contribution in [1.82, 2.24) is 15.5 Å². The van der Waals surface area contributed by atoms with E-state index >= 15 is 0 Å². The van der Waals surface area contributed by atoms with Crippen LogP contribution in [0.4, 0.5) is 0 Å². The summed E-state index contributed by atoms with van der Waals surface area (Å²) >= 11 is 0. The topological polar surface area (TPSA) is 69.9 Å². The maximum atomic E-state index is 12.4. The fourth-order valence-corrected chi connectivity index (χ4v) is 3.20. The van der Waals surface area contributed by atoms with Crippen LogP contribution in [-0.4, -0.2) is 37.4 Å². The van der Waals surface area contributed by atoms with Crippen LogP contribution in [0.3, 0.4) is 0 Å². The molecule has 0 radical (unpaired) electrons. The Morgan fingerprint density at radius 2 is 1.79 bits per heavy atom. The lowest BCUT2D eigenvalue weighted by molar-refractivity contribution is -0.130. The molecule has 152 valence electrons. The van der Waals surface area contributed by atoms with Gasteiger partial charge in [0.05, 0.1) is 6.54 Å². The lowest BCUT2D eigenvalue weighted by atomic mass is 10.1. The second kappa shape index (κ2) is 9.78. The molecule has 2 N–H and O–H groups in total. The quantitative estimate of drug-likeness (QED) is 0.477. The van der Waals surface area contributed by atoms with Crippen LogP contribution >= 0.6 is 0 Å². The molecule has 0 saturated heterocycles. The summed E-state index contributed by atoms with van der Waals surface area (Å²) < 4.78 is 5.92. The third-order valence-corrected chi connectivity index (χ3v) is 4.90. The van der Waals surface area contributed by atoms with Gasteiger partial charge in [-0.3, -0.25) is 9.79 Å². The lowest BCUT2D eigenvalue weighted by Crippen LogP contribution is -2.39. The predicted molar refractivity (Wildman–Crippen MR) is 117 cm³/mol. The van der Waals surface area contributed by atoms with Gasteiger partial charge in [0.15, 0.2) is 5.96 Å². The average molecular weight is 393 g/mol. The van der Waals surface area contributed by atoms with Crippen LogP contribution in [-0.2, 0) is 17.9 Å². The minimum Gasteiger partial charge on any atom is -0.459 e. The van der Waals surface area contributed by atoms with E-state index in [1.54, 1.807) is 11.9 Å². The first kappa shape index (κ1) is 20.5. The average Bonchev–Trinajstić information content (AvgIpc) is 3.07. The second-order valence-electron chi connectivity index (χ2n) is 6.98. The number of nitrogens with zero attached hydrogens (tertiary/aromatic N) is 2. The number of amides is 1. The summed E-state index contributed by atoms with van der Waals surface area (Å²) in [4.78, 5) is 18.3. The molecule has 0 atom stereocenters. The van der Waals surface area contributed by atoms with E-state index in [1.165, 1.54) is 0 Å². The second-order valence-corrected chi connectivity index (χ2v) is 6.98. The Morgan fingerprint density at radius 1 is 1.07 bits per heavy atom. The molecular formula is C23H28N4O2. The van der Waals surface area contributed by atoms with Gasteiger partial charge in [0.1, 0.15) is 11.3 Å². The van der Waals surface area contributed by atoms with Crippen LogP contribution in [0.1, 0.15) is 23.3 Å². The summed E-state index contributed by atoms with van der Waals surface area (Å²) in [5, 5.41) is 7.57. The van der Waals surface area contributed by atoms with Crippen LogP contribution in [0.5, 0.6) is 0 Å². The molecule has 0 aliphatic rings. The molecule has 2 aromatic carbocycles. The molecule has 1 aromatic heterocycles. The molecule has 6 heteroatoms. The highest BCUT2D eigenvalue weighted by Gasteiger charge is 2.11. The zero-order chi connectivity index (χ0) is 20.6. The zero-order valence-electron chi connectivity index (χ0n) is 17.2. The van der Waals surface area contributed by atoms with Crippen molar-refractivity contribution in [2.75, 3.05) is 20.6 Å². The summed E-state index contributed by atoms with van der Waals surface area (Å²) in [6, 6.07) is 18.0. The van der Waals surface area contributed by atoms with Gasteiger partial charge < -0.3 is 20.0 Å². The molecule has 3 rings (SSSR count). The SMILES string of the molecule is CN=C(NCCC(=O)N(C)Cc1ccccc1)NCc1oc2ccccc2c1C. The van der Waals surface area contributed by atoms with E-state index in [2.05, 4.69) is 28.6 Å². The Hall–Kier alpha value is -3.28. The van der Waals surface area contributed by atoms with Crippen molar-refractivity contribution in [1.29, 1.82) is 0 Å². The zero-order valence-corrected chi connectivity index (χ0v) is 17.2. The first-order valence-electron chi connectivity index (χ1n) is 9.78. The molecule has 0 aliphatic heterocycles. The number of furan rings is 1. The van der Waals surface area contributed by atoms with Crippen molar-refractivity contribution < 1.29 is 9.21 Å². The van der Waals surface area contributed by atoms with E-state index in [4.69, 9.17) is 4.42 Å². The predicted octanol–water partition coefficient (Wildman–Crippen LogP) is 3.45. The van der Waals surface area contributed by atoms with Crippen LogP contribution < -0.4 is 10.6 Å². The molecule has 0 aliphatic carbocycles. The van der Waals surface area contributed by atoms with Gasteiger partial charge in [-0.15, -0.1) is 0 Å². The molecule has 1 amide bonds. The van der Waals surface area contributed by atoms with Crippen LogP contribution in [0.25, 0.3) is 11.0 Å². The number of carbonyl (C=O) groups is 1. The standard InChI is InChI=1S/C23H28N4O2/c1-17-19-11-7-8-12-20(19)29-21(17)15-26-23(24-2)25-14-13-22(28)27(3)16-18-9-5-4-6-10-18/h4-12H,13-16H2,1-3H3,(H2,24,25,26). The molecule has 0 fully saturated rings. The molecule has 0 saturated carbocycles. The fourth-order valence-electron chi connectivity index (χ4n) is 3.20. The molecule has 29 heavy (non-hydrogen) atoms. The Morgan fingerprint density at radius 3 is 2.52 bits per heavy atom. The van der Waals surface area contributed by atoms with Crippen molar-refractivity contribution >= 4 is 22.8 Å². The highest BCUT2D eigenvalue weighted by atomic mass is 16.3. The van der Waals surface area contributed by atoms with Gasteiger partial charge in [0, 0.05) is 44.6 Å². The van der Waals surface area contributed by atoms with Gasteiger partial charge >= 0.3 is 0 Å². The summed E-state index contributed by atoms with van der Waals surface area (Å²) in [5.74, 6) is 1.61. The Balaban J connectivity index is 1.45. The highest BCUT2D eigenvalue weighted by Crippen LogP contribution is 2.24. The maximum Gasteiger partial charge on any atom is 0.224 e. The number of rotatable bonds is 7. The van der Waals surface area contributed by atoms with Crippen LogP contribution in [0.15, 0.2) is 64.0 Å². The number of hydrogen-bond acceptors (Lipinski definition) is 3. The van der Waals surface area contributed by atoms with Crippen molar-refractivity contribution in [2.45, 2.75) is 26.4 Å². The molecule has 0 bridgehead atoms. The Bertz CT molecular complexity index is 979. The lowest BCUT2D eigenvalue weighted by Gasteiger charge is -2.18. The number of aryl methyl sites for hydroxylation is 1. The van der Waals surface area contributed by atoms with Crippen molar-refractivity contribution in [3.63, 3.8) is 0 Å². The van der Waals surface area contributed by atoms with Crippen molar-refractivity contribution in [3.05, 3.63) is 71.5 Å². The number of carbonyl (C=O) groups excluding carboxylic acids is 1. The van der Waals surface area contributed by atoms with E-state index in [1.807, 2.05) is 55.6 Å².